The lowest BCUT2D eigenvalue weighted by molar-refractivity contribution is 1.48. The Balaban J connectivity index is 2.07. The second-order valence-electron chi connectivity index (χ2n) is 5.38. The first-order valence-electron chi connectivity index (χ1n) is 7.28. The Morgan fingerprint density at radius 1 is 0.636 bits per heavy atom. The minimum Gasteiger partial charge on any atom is -0.192 e. The maximum Gasteiger partial charge on any atom is 0.0991 e. The van der Waals surface area contributed by atoms with E-state index in [9.17, 15) is 0 Å². The van der Waals surface area contributed by atoms with Crippen LogP contribution in [0.25, 0.3) is 32.7 Å². The highest BCUT2D eigenvalue weighted by molar-refractivity contribution is 6.12. The molecule has 0 N–H and O–H groups in total. The number of benzene rings is 4. The molecular formula is C21H13N. The lowest BCUT2D eigenvalue weighted by Gasteiger charge is -2.09. The van der Waals surface area contributed by atoms with Crippen LogP contribution in [0.4, 0.5) is 0 Å². The molecule has 22 heavy (non-hydrogen) atoms. The van der Waals surface area contributed by atoms with Gasteiger partial charge in [-0.2, -0.15) is 5.26 Å². The Kier molecular flexibility index (Phi) is 2.88. The highest BCUT2D eigenvalue weighted by Crippen LogP contribution is 2.33. The average molecular weight is 279 g/mol. The van der Waals surface area contributed by atoms with Gasteiger partial charge in [0, 0.05) is 0 Å². The van der Waals surface area contributed by atoms with Gasteiger partial charge in [0.05, 0.1) is 11.6 Å². The molecule has 0 fully saturated rings. The van der Waals surface area contributed by atoms with E-state index in [2.05, 4.69) is 66.7 Å². The van der Waals surface area contributed by atoms with Gasteiger partial charge in [0.2, 0.25) is 0 Å². The molecule has 1 nitrogen and oxygen atoms in total. The third kappa shape index (κ3) is 1.94. The van der Waals surface area contributed by atoms with Crippen LogP contribution >= 0.6 is 0 Å². The fraction of sp³-hybridized carbons (Fsp3) is 0. The van der Waals surface area contributed by atoms with Crippen LogP contribution in [0, 0.1) is 11.3 Å². The van der Waals surface area contributed by atoms with E-state index in [-0.39, 0.29) is 0 Å². The molecular weight excluding hydrogens is 266 g/mol. The van der Waals surface area contributed by atoms with Crippen LogP contribution in [0.2, 0.25) is 0 Å². The predicted molar refractivity (Wildman–Crippen MR) is 91.6 cm³/mol. The lowest BCUT2D eigenvalue weighted by atomic mass is 9.94. The molecule has 0 aromatic heterocycles. The standard InChI is InChI=1S/C21H13N/c22-14-15-5-3-7-17(13-15)19-9-4-10-20-18-8-2-1-6-16(18)11-12-21(19)20/h1-13H. The number of nitrogens with zero attached hydrogens (tertiary/aromatic N) is 1. The van der Waals surface area contributed by atoms with Gasteiger partial charge in [0.25, 0.3) is 0 Å². The molecule has 4 aromatic carbocycles. The number of rotatable bonds is 1. The smallest absolute Gasteiger partial charge is 0.0991 e. The summed E-state index contributed by atoms with van der Waals surface area (Å²) in [5.41, 5.74) is 2.94. The quantitative estimate of drug-likeness (QED) is 0.420. The minimum absolute atomic E-state index is 0.690. The third-order valence-corrected chi connectivity index (χ3v) is 4.09. The van der Waals surface area contributed by atoms with Gasteiger partial charge in [-0.05, 0) is 44.8 Å². The molecule has 0 saturated carbocycles. The fourth-order valence-electron chi connectivity index (χ4n) is 3.05. The molecule has 0 heterocycles. The van der Waals surface area contributed by atoms with E-state index in [0.29, 0.717) is 5.56 Å². The summed E-state index contributed by atoms with van der Waals surface area (Å²) in [7, 11) is 0. The molecule has 0 aliphatic heterocycles. The van der Waals surface area contributed by atoms with Gasteiger partial charge >= 0.3 is 0 Å². The highest BCUT2D eigenvalue weighted by atomic mass is 14.2. The summed E-state index contributed by atoms with van der Waals surface area (Å²) in [6, 6.07) is 29.1. The van der Waals surface area contributed by atoms with Gasteiger partial charge in [-0.1, -0.05) is 66.7 Å². The van der Waals surface area contributed by atoms with Crippen molar-refractivity contribution in [1.82, 2.24) is 0 Å². The molecule has 0 radical (unpaired) electrons. The first-order chi connectivity index (χ1) is 10.9. The van der Waals surface area contributed by atoms with E-state index in [0.717, 1.165) is 5.56 Å². The van der Waals surface area contributed by atoms with Crippen molar-refractivity contribution in [3.8, 4) is 17.2 Å². The summed E-state index contributed by atoms with van der Waals surface area (Å²) < 4.78 is 0. The number of nitriles is 1. The zero-order valence-corrected chi connectivity index (χ0v) is 12.0. The third-order valence-electron chi connectivity index (χ3n) is 4.09. The SMILES string of the molecule is N#Cc1cccc(-c2cccc3c2ccc2ccccc23)c1. The first-order valence-corrected chi connectivity index (χ1v) is 7.28. The number of hydrogen-bond acceptors (Lipinski definition) is 1. The van der Waals surface area contributed by atoms with Gasteiger partial charge in [-0.25, -0.2) is 0 Å². The van der Waals surface area contributed by atoms with Gasteiger partial charge in [-0.3, -0.25) is 0 Å². The molecule has 0 unspecified atom stereocenters. The van der Waals surface area contributed by atoms with Gasteiger partial charge in [0.1, 0.15) is 0 Å². The Bertz CT molecular complexity index is 1040. The Labute approximate surface area is 129 Å². The van der Waals surface area contributed by atoms with Crippen LogP contribution in [0.5, 0.6) is 0 Å². The largest absolute Gasteiger partial charge is 0.192 e. The van der Waals surface area contributed by atoms with Crippen LogP contribution in [-0.2, 0) is 0 Å². The van der Waals surface area contributed by atoms with Crippen molar-refractivity contribution in [3.05, 3.63) is 84.4 Å². The van der Waals surface area contributed by atoms with Crippen molar-refractivity contribution in [1.29, 1.82) is 5.26 Å². The Hall–Kier alpha value is -3.11. The zero-order chi connectivity index (χ0) is 14.9. The second-order valence-corrected chi connectivity index (χ2v) is 5.38. The Morgan fingerprint density at radius 3 is 2.36 bits per heavy atom. The maximum absolute atomic E-state index is 9.11. The predicted octanol–water partition coefficient (Wildman–Crippen LogP) is 5.53. The van der Waals surface area contributed by atoms with Crippen molar-refractivity contribution in [3.63, 3.8) is 0 Å². The molecule has 0 bridgehead atoms. The molecule has 0 aliphatic carbocycles. The summed E-state index contributed by atoms with van der Waals surface area (Å²) in [6.07, 6.45) is 0. The topological polar surface area (TPSA) is 23.8 Å². The first kappa shape index (κ1) is 12.6. The average Bonchev–Trinajstić information content (AvgIpc) is 2.61. The molecule has 0 amide bonds. The fourth-order valence-corrected chi connectivity index (χ4v) is 3.05. The van der Waals surface area contributed by atoms with E-state index in [1.807, 2.05) is 18.2 Å². The molecule has 4 rings (SSSR count). The molecule has 0 aliphatic rings. The van der Waals surface area contributed by atoms with Crippen LogP contribution in [0.3, 0.4) is 0 Å². The van der Waals surface area contributed by atoms with Crippen LogP contribution in [-0.4, -0.2) is 0 Å². The van der Waals surface area contributed by atoms with Crippen molar-refractivity contribution in [2.75, 3.05) is 0 Å². The van der Waals surface area contributed by atoms with E-state index in [4.69, 9.17) is 5.26 Å². The summed E-state index contributed by atoms with van der Waals surface area (Å²) >= 11 is 0. The maximum atomic E-state index is 9.11. The summed E-state index contributed by atoms with van der Waals surface area (Å²) in [5.74, 6) is 0. The minimum atomic E-state index is 0.690. The lowest BCUT2D eigenvalue weighted by Crippen LogP contribution is -1.84. The van der Waals surface area contributed by atoms with Crippen LogP contribution in [0.15, 0.2) is 78.9 Å². The summed E-state index contributed by atoms with van der Waals surface area (Å²) in [6.45, 7) is 0. The monoisotopic (exact) mass is 279 g/mol. The molecule has 102 valence electrons. The van der Waals surface area contributed by atoms with E-state index >= 15 is 0 Å². The van der Waals surface area contributed by atoms with Gasteiger partial charge in [0.15, 0.2) is 0 Å². The van der Waals surface area contributed by atoms with Crippen LogP contribution in [0.1, 0.15) is 5.56 Å². The summed E-state index contributed by atoms with van der Waals surface area (Å²) in [5, 5.41) is 14.1. The van der Waals surface area contributed by atoms with Crippen molar-refractivity contribution < 1.29 is 0 Å². The molecule has 1 heteroatoms. The van der Waals surface area contributed by atoms with Crippen molar-refractivity contribution in [2.45, 2.75) is 0 Å². The molecule has 4 aromatic rings. The Morgan fingerprint density at radius 2 is 1.45 bits per heavy atom. The number of fused-ring (bicyclic) bond motifs is 3. The number of hydrogen-bond donors (Lipinski definition) is 0. The second kappa shape index (κ2) is 5.02. The van der Waals surface area contributed by atoms with E-state index in [1.54, 1.807) is 0 Å². The summed E-state index contributed by atoms with van der Waals surface area (Å²) in [4.78, 5) is 0. The molecule has 0 atom stereocenters. The molecule has 0 saturated heterocycles. The van der Waals surface area contributed by atoms with Crippen LogP contribution < -0.4 is 0 Å². The van der Waals surface area contributed by atoms with Gasteiger partial charge in [-0.15, -0.1) is 0 Å². The molecule has 0 spiro atoms. The highest BCUT2D eigenvalue weighted by Gasteiger charge is 2.06. The van der Waals surface area contributed by atoms with E-state index < -0.39 is 0 Å². The zero-order valence-electron chi connectivity index (χ0n) is 12.0. The van der Waals surface area contributed by atoms with Crippen molar-refractivity contribution in [2.24, 2.45) is 0 Å². The van der Waals surface area contributed by atoms with Gasteiger partial charge < -0.3 is 0 Å². The normalized spacial score (nSPS) is 10.7. The van der Waals surface area contributed by atoms with E-state index in [1.165, 1.54) is 27.1 Å². The van der Waals surface area contributed by atoms with Crippen molar-refractivity contribution >= 4 is 21.5 Å².